The lowest BCUT2D eigenvalue weighted by Gasteiger charge is -2.25. The summed E-state index contributed by atoms with van der Waals surface area (Å²) in [7, 11) is 0. The summed E-state index contributed by atoms with van der Waals surface area (Å²) in [4.78, 5) is 2.47. The van der Waals surface area contributed by atoms with Crippen LogP contribution in [0, 0.1) is 11.3 Å². The first kappa shape index (κ1) is 12.9. The van der Waals surface area contributed by atoms with Crippen LogP contribution in [0.4, 0.5) is 0 Å². The fourth-order valence-corrected chi connectivity index (χ4v) is 3.48. The molecule has 0 bridgehead atoms. The summed E-state index contributed by atoms with van der Waals surface area (Å²) in [6.07, 6.45) is 1.00. The highest BCUT2D eigenvalue weighted by Gasteiger charge is 2.48. The topological polar surface area (TPSA) is 55.7 Å². The van der Waals surface area contributed by atoms with Crippen LogP contribution in [-0.2, 0) is 6.42 Å². The molecule has 4 heteroatoms. The number of phenols is 1. The van der Waals surface area contributed by atoms with E-state index in [2.05, 4.69) is 10.2 Å². The highest BCUT2D eigenvalue weighted by molar-refractivity contribution is 5.26. The minimum atomic E-state index is 0.0922. The Morgan fingerprint density at radius 2 is 2.11 bits per heavy atom. The lowest BCUT2D eigenvalue weighted by molar-refractivity contribution is 0.125. The van der Waals surface area contributed by atoms with Gasteiger partial charge in [0.1, 0.15) is 5.75 Å². The Morgan fingerprint density at radius 1 is 1.32 bits per heavy atom. The third-order valence-corrected chi connectivity index (χ3v) is 4.72. The number of phenolic OH excluding ortho intramolecular Hbond substituents is 1. The first-order valence-corrected chi connectivity index (χ1v) is 7.04. The SMILES string of the molecule is OCC12CNCC1CN(CCc1ccc(O)cc1)C2. The van der Waals surface area contributed by atoms with Gasteiger partial charge in [-0.1, -0.05) is 12.1 Å². The molecule has 0 radical (unpaired) electrons. The van der Waals surface area contributed by atoms with E-state index in [1.807, 2.05) is 12.1 Å². The van der Waals surface area contributed by atoms with Gasteiger partial charge in [0.15, 0.2) is 0 Å². The molecule has 2 atom stereocenters. The number of benzene rings is 1. The quantitative estimate of drug-likeness (QED) is 0.737. The predicted octanol–water partition coefficient (Wildman–Crippen LogP) is 0.448. The van der Waals surface area contributed by atoms with Crippen molar-refractivity contribution < 1.29 is 10.2 Å². The monoisotopic (exact) mass is 262 g/mol. The Morgan fingerprint density at radius 3 is 2.79 bits per heavy atom. The van der Waals surface area contributed by atoms with Gasteiger partial charge in [0.2, 0.25) is 0 Å². The van der Waals surface area contributed by atoms with Crippen molar-refractivity contribution in [2.24, 2.45) is 11.3 Å². The second-order valence-corrected chi connectivity index (χ2v) is 6.00. The second-order valence-electron chi connectivity index (χ2n) is 6.00. The van der Waals surface area contributed by atoms with Crippen LogP contribution in [0.3, 0.4) is 0 Å². The number of hydrogen-bond donors (Lipinski definition) is 3. The number of likely N-dealkylation sites (tertiary alicyclic amines) is 1. The Bertz CT molecular complexity index is 434. The minimum absolute atomic E-state index is 0.0922. The molecule has 19 heavy (non-hydrogen) atoms. The average molecular weight is 262 g/mol. The van der Waals surface area contributed by atoms with Crippen molar-refractivity contribution in [1.29, 1.82) is 0 Å². The minimum Gasteiger partial charge on any atom is -0.508 e. The molecule has 2 heterocycles. The van der Waals surface area contributed by atoms with Crippen molar-refractivity contribution in [1.82, 2.24) is 10.2 Å². The summed E-state index contributed by atoms with van der Waals surface area (Å²) >= 11 is 0. The molecule has 1 aromatic rings. The van der Waals surface area contributed by atoms with Crippen LogP contribution in [0.1, 0.15) is 5.56 Å². The van der Waals surface area contributed by atoms with Crippen molar-refractivity contribution in [2.45, 2.75) is 6.42 Å². The molecule has 2 saturated heterocycles. The molecule has 0 aromatic heterocycles. The van der Waals surface area contributed by atoms with Crippen LogP contribution < -0.4 is 5.32 Å². The molecular weight excluding hydrogens is 240 g/mol. The van der Waals surface area contributed by atoms with Gasteiger partial charge in [-0.25, -0.2) is 0 Å². The lowest BCUT2D eigenvalue weighted by atomic mass is 9.82. The van der Waals surface area contributed by atoms with E-state index in [0.717, 1.165) is 39.1 Å². The molecule has 0 aliphatic carbocycles. The number of aromatic hydroxyl groups is 1. The summed E-state index contributed by atoms with van der Waals surface area (Å²) in [5.74, 6) is 0.919. The Hall–Kier alpha value is -1.10. The summed E-state index contributed by atoms with van der Waals surface area (Å²) < 4.78 is 0. The van der Waals surface area contributed by atoms with E-state index in [-0.39, 0.29) is 5.41 Å². The third kappa shape index (κ3) is 2.48. The van der Waals surface area contributed by atoms with E-state index in [1.165, 1.54) is 5.56 Å². The van der Waals surface area contributed by atoms with Gasteiger partial charge >= 0.3 is 0 Å². The van der Waals surface area contributed by atoms with Gasteiger partial charge in [0.05, 0.1) is 6.61 Å². The van der Waals surface area contributed by atoms with E-state index in [4.69, 9.17) is 0 Å². The maximum absolute atomic E-state index is 9.67. The summed E-state index contributed by atoms with van der Waals surface area (Å²) in [6.45, 7) is 5.40. The van der Waals surface area contributed by atoms with E-state index < -0.39 is 0 Å². The number of fused-ring (bicyclic) bond motifs is 1. The molecule has 4 nitrogen and oxygen atoms in total. The zero-order valence-corrected chi connectivity index (χ0v) is 11.2. The van der Waals surface area contributed by atoms with E-state index in [9.17, 15) is 10.2 Å². The van der Waals surface area contributed by atoms with Crippen LogP contribution in [0.15, 0.2) is 24.3 Å². The summed E-state index contributed by atoms with van der Waals surface area (Å²) in [6, 6.07) is 7.45. The second kappa shape index (κ2) is 5.12. The van der Waals surface area contributed by atoms with Crippen LogP contribution in [0.5, 0.6) is 5.75 Å². The van der Waals surface area contributed by atoms with E-state index >= 15 is 0 Å². The first-order chi connectivity index (χ1) is 9.22. The molecule has 0 amide bonds. The lowest BCUT2D eigenvalue weighted by Crippen LogP contribution is -2.36. The van der Waals surface area contributed by atoms with Gasteiger partial charge in [0.25, 0.3) is 0 Å². The predicted molar refractivity (Wildman–Crippen MR) is 74.1 cm³/mol. The number of aliphatic hydroxyl groups is 1. The van der Waals surface area contributed by atoms with Gasteiger partial charge < -0.3 is 20.4 Å². The van der Waals surface area contributed by atoms with Crippen LogP contribution in [0.2, 0.25) is 0 Å². The van der Waals surface area contributed by atoms with Crippen molar-refractivity contribution in [2.75, 3.05) is 39.3 Å². The molecule has 1 aromatic carbocycles. The molecule has 0 saturated carbocycles. The largest absolute Gasteiger partial charge is 0.508 e. The zero-order valence-electron chi connectivity index (χ0n) is 11.2. The molecule has 2 fully saturated rings. The van der Waals surface area contributed by atoms with Crippen molar-refractivity contribution >= 4 is 0 Å². The number of nitrogens with one attached hydrogen (secondary N) is 1. The summed E-state index contributed by atoms with van der Waals surface area (Å²) in [5, 5.41) is 22.3. The fourth-order valence-electron chi connectivity index (χ4n) is 3.48. The van der Waals surface area contributed by atoms with Crippen LogP contribution in [-0.4, -0.2) is 54.4 Å². The normalized spacial score (nSPS) is 30.7. The van der Waals surface area contributed by atoms with Gasteiger partial charge in [-0.3, -0.25) is 0 Å². The van der Waals surface area contributed by atoms with Crippen molar-refractivity contribution in [3.05, 3.63) is 29.8 Å². The molecule has 2 unspecified atom stereocenters. The number of rotatable bonds is 4. The molecule has 3 rings (SSSR count). The standard InChI is InChI=1S/C15H22N2O2/c18-11-15-9-16-7-13(15)8-17(10-15)6-5-12-1-3-14(19)4-2-12/h1-4,13,16,18-19H,5-11H2. The molecular formula is C15H22N2O2. The Balaban J connectivity index is 1.56. The van der Waals surface area contributed by atoms with Gasteiger partial charge in [-0.05, 0) is 36.6 Å². The smallest absolute Gasteiger partial charge is 0.115 e. The van der Waals surface area contributed by atoms with Crippen molar-refractivity contribution in [3.8, 4) is 5.75 Å². The summed E-state index contributed by atoms with van der Waals surface area (Å²) in [5.41, 5.74) is 1.35. The first-order valence-electron chi connectivity index (χ1n) is 7.04. The highest BCUT2D eigenvalue weighted by Crippen LogP contribution is 2.38. The highest BCUT2D eigenvalue weighted by atomic mass is 16.3. The average Bonchev–Trinajstić information content (AvgIpc) is 2.95. The van der Waals surface area contributed by atoms with Crippen LogP contribution in [0.25, 0.3) is 0 Å². The fraction of sp³-hybridized carbons (Fsp3) is 0.600. The van der Waals surface area contributed by atoms with Gasteiger partial charge in [-0.2, -0.15) is 0 Å². The Kier molecular flexibility index (Phi) is 3.48. The molecule has 0 spiro atoms. The number of hydrogen-bond acceptors (Lipinski definition) is 4. The maximum atomic E-state index is 9.67. The zero-order chi connectivity index (χ0) is 13.3. The van der Waals surface area contributed by atoms with Gasteiger partial charge in [0, 0.05) is 31.6 Å². The van der Waals surface area contributed by atoms with E-state index in [1.54, 1.807) is 12.1 Å². The van der Waals surface area contributed by atoms with Crippen molar-refractivity contribution in [3.63, 3.8) is 0 Å². The van der Waals surface area contributed by atoms with E-state index in [0.29, 0.717) is 18.3 Å². The molecule has 2 aliphatic rings. The number of aliphatic hydroxyl groups excluding tert-OH is 1. The molecule has 3 N–H and O–H groups in total. The maximum Gasteiger partial charge on any atom is 0.115 e. The molecule has 104 valence electrons. The van der Waals surface area contributed by atoms with Crippen LogP contribution >= 0.6 is 0 Å². The Labute approximate surface area is 114 Å². The third-order valence-electron chi connectivity index (χ3n) is 4.72. The molecule has 2 aliphatic heterocycles. The number of nitrogens with zero attached hydrogens (tertiary/aromatic N) is 1. The van der Waals surface area contributed by atoms with Gasteiger partial charge in [-0.15, -0.1) is 0 Å².